The van der Waals surface area contributed by atoms with Crippen LogP contribution in [0.5, 0.6) is 0 Å². The molecule has 1 amide bonds. The summed E-state index contributed by atoms with van der Waals surface area (Å²) in [5.41, 5.74) is 4.81. The van der Waals surface area contributed by atoms with Gasteiger partial charge in [0.2, 0.25) is 0 Å². The van der Waals surface area contributed by atoms with Crippen molar-refractivity contribution in [2.45, 2.75) is 51.5 Å². The van der Waals surface area contributed by atoms with E-state index in [9.17, 15) is 29.3 Å². The van der Waals surface area contributed by atoms with E-state index in [1.165, 1.54) is 18.2 Å². The molecule has 0 saturated heterocycles. The van der Waals surface area contributed by atoms with E-state index >= 15 is 0 Å². The van der Waals surface area contributed by atoms with Gasteiger partial charge in [0.15, 0.2) is 0 Å². The number of aromatic nitrogens is 1. The molecule has 7 nitrogen and oxygen atoms in total. The zero-order chi connectivity index (χ0) is 31.1. The van der Waals surface area contributed by atoms with Crippen LogP contribution in [0.4, 0.5) is 4.39 Å². The van der Waals surface area contributed by atoms with Crippen molar-refractivity contribution in [1.82, 2.24) is 9.47 Å². The Morgan fingerprint density at radius 1 is 0.909 bits per heavy atom. The second-order valence-electron chi connectivity index (χ2n) is 10.9. The zero-order valence-corrected chi connectivity index (χ0v) is 27.5. The second kappa shape index (κ2) is 16.0. The number of carboxylic acids is 1. The van der Waals surface area contributed by atoms with Gasteiger partial charge in [-0.2, -0.15) is 0 Å². The molecule has 0 fully saturated rings. The molecule has 1 heterocycles. The molecule has 0 unspecified atom stereocenters. The molecule has 2 N–H and O–H groups in total. The Bertz CT molecular complexity index is 1570. The number of hydrogen-bond acceptors (Lipinski definition) is 5. The maximum absolute atomic E-state index is 14.4. The first-order valence-electron chi connectivity index (χ1n) is 14.2. The minimum Gasteiger partial charge on any atom is -0.550 e. The average Bonchev–Trinajstić information content (AvgIpc) is 3.32. The van der Waals surface area contributed by atoms with Crippen LogP contribution in [-0.4, -0.2) is 50.8 Å². The fraction of sp³-hybridized carbons (Fsp3) is 0.257. The number of amides is 1. The van der Waals surface area contributed by atoms with Gasteiger partial charge in [-0.25, -0.2) is 4.39 Å². The van der Waals surface area contributed by atoms with Crippen molar-refractivity contribution in [3.8, 4) is 22.3 Å². The van der Waals surface area contributed by atoms with E-state index in [2.05, 4.69) is 0 Å². The Hall–Kier alpha value is -3.53. The minimum atomic E-state index is -1.41. The van der Waals surface area contributed by atoms with Crippen molar-refractivity contribution in [3.63, 3.8) is 0 Å². The van der Waals surface area contributed by atoms with E-state index in [-0.39, 0.29) is 47.9 Å². The Morgan fingerprint density at radius 2 is 1.48 bits per heavy atom. The van der Waals surface area contributed by atoms with Gasteiger partial charge in [-0.1, -0.05) is 78.9 Å². The molecule has 0 aliphatic heterocycles. The summed E-state index contributed by atoms with van der Waals surface area (Å²) in [6, 6.07) is 25.0. The molecule has 0 bridgehead atoms. The first kappa shape index (κ1) is 35.0. The van der Waals surface area contributed by atoms with Crippen molar-refractivity contribution in [3.05, 3.63) is 114 Å². The van der Waals surface area contributed by atoms with E-state index in [1.54, 1.807) is 30.2 Å². The predicted octanol–water partition coefficient (Wildman–Crippen LogP) is 2.08. The first-order valence-corrected chi connectivity index (χ1v) is 14.2. The van der Waals surface area contributed by atoms with E-state index in [0.29, 0.717) is 34.6 Å². The summed E-state index contributed by atoms with van der Waals surface area (Å²) < 4.78 is 16.0. The number of nitrogens with zero attached hydrogens (tertiary/aromatic N) is 2. The maximum Gasteiger partial charge on any atom is 1.00 e. The number of rotatable bonds is 12. The fourth-order valence-corrected chi connectivity index (χ4v) is 5.26. The number of hydrogen-bond donors (Lipinski definition) is 2. The van der Waals surface area contributed by atoms with Crippen LogP contribution in [-0.2, 0) is 11.3 Å². The van der Waals surface area contributed by atoms with Crippen molar-refractivity contribution < 1.29 is 58.9 Å². The molecule has 224 valence electrons. The fourth-order valence-electron chi connectivity index (χ4n) is 5.26. The predicted molar refractivity (Wildman–Crippen MR) is 163 cm³/mol. The number of aliphatic carboxylic acids is 1. The van der Waals surface area contributed by atoms with Crippen LogP contribution in [0, 0.1) is 5.82 Å². The molecule has 0 saturated carbocycles. The second-order valence-corrected chi connectivity index (χ2v) is 10.9. The van der Waals surface area contributed by atoms with Gasteiger partial charge < -0.3 is 29.6 Å². The third-order valence-corrected chi connectivity index (χ3v) is 7.16. The Labute approximate surface area is 279 Å². The summed E-state index contributed by atoms with van der Waals surface area (Å²) in [6.07, 6.45) is -0.131. The van der Waals surface area contributed by atoms with Gasteiger partial charge in [-0.15, -0.1) is 0 Å². The van der Waals surface area contributed by atoms with Gasteiger partial charge in [0.1, 0.15) is 11.5 Å². The molecule has 44 heavy (non-hydrogen) atoms. The molecule has 0 aliphatic carbocycles. The molecule has 1 aromatic heterocycles. The van der Waals surface area contributed by atoms with Gasteiger partial charge in [-0.05, 0) is 48.7 Å². The summed E-state index contributed by atoms with van der Waals surface area (Å²) in [5.74, 6) is -2.03. The molecule has 2 atom stereocenters. The maximum atomic E-state index is 14.4. The van der Waals surface area contributed by atoms with Crippen LogP contribution >= 0.6 is 0 Å². The van der Waals surface area contributed by atoms with Gasteiger partial charge in [0.05, 0.1) is 12.2 Å². The first-order chi connectivity index (χ1) is 20.6. The number of benzene rings is 3. The summed E-state index contributed by atoms with van der Waals surface area (Å²) >= 11 is 0. The number of aliphatic hydroxyl groups is 2. The van der Waals surface area contributed by atoms with Crippen LogP contribution in [0.3, 0.4) is 0 Å². The van der Waals surface area contributed by atoms with Gasteiger partial charge in [0.25, 0.3) is 5.91 Å². The monoisotopic (exact) mass is 606 g/mol. The van der Waals surface area contributed by atoms with Gasteiger partial charge >= 0.3 is 29.6 Å². The van der Waals surface area contributed by atoms with Crippen molar-refractivity contribution >= 4 is 18.0 Å². The van der Waals surface area contributed by atoms with E-state index in [0.717, 1.165) is 11.1 Å². The average molecular weight is 607 g/mol. The van der Waals surface area contributed by atoms with Crippen molar-refractivity contribution in [2.24, 2.45) is 0 Å². The number of carbonyl (C=O) groups is 2. The minimum absolute atomic E-state index is 0. The third-order valence-electron chi connectivity index (χ3n) is 7.16. The van der Waals surface area contributed by atoms with Crippen molar-refractivity contribution in [1.29, 1.82) is 0 Å². The zero-order valence-electron chi connectivity index (χ0n) is 25.5. The van der Waals surface area contributed by atoms with Crippen LogP contribution in [0.25, 0.3) is 28.3 Å². The van der Waals surface area contributed by atoms with Crippen molar-refractivity contribution in [2.75, 3.05) is 7.05 Å². The topological polar surface area (TPSA) is 106 Å². The summed E-state index contributed by atoms with van der Waals surface area (Å²) in [5, 5.41) is 31.6. The largest absolute Gasteiger partial charge is 1.00 e. The molecule has 0 aliphatic rings. The standard InChI is InChI=1S/C35H37FN2O5.Na/c1-23(2)38-30(19-18-28(39)20-29(40)21-31(41)42)32(26-14-16-27(36)17-15-26)33(25-12-8-5-9-13-25)34(38)35(43)37(3)22-24-10-6-4-7-11-24;/h4-19,23,28-29,39-40H,20-22H2,1-3H3,(H,41,42);/q;+1/p-1/b19-18+;/t28-,29-;/m1./s1. The van der Waals surface area contributed by atoms with Crippen LogP contribution in [0.15, 0.2) is 91.0 Å². The quantitative estimate of drug-likeness (QED) is 0.241. The number of carboxylic acid groups (broad SMARTS) is 1. The number of halogens is 1. The molecule has 3 aromatic carbocycles. The third kappa shape index (κ3) is 8.55. The molecule has 4 rings (SSSR count). The normalized spacial score (nSPS) is 12.6. The molecule has 0 radical (unpaired) electrons. The number of aliphatic hydroxyl groups excluding tert-OH is 2. The summed E-state index contributed by atoms with van der Waals surface area (Å²) in [7, 11) is 1.75. The van der Waals surface area contributed by atoms with Gasteiger partial charge in [-0.3, -0.25) is 4.79 Å². The molecule has 4 aromatic rings. The SMILES string of the molecule is CC(C)n1c(/C=C/[C@@H](O)C[C@@H](O)CC(=O)[O-])c(-c2ccc(F)cc2)c(-c2ccccc2)c1C(=O)N(C)Cc1ccccc1.[Na+]. The molecular weight excluding hydrogens is 570 g/mol. The van der Waals surface area contributed by atoms with E-state index in [4.69, 9.17) is 0 Å². The summed E-state index contributed by atoms with van der Waals surface area (Å²) in [6.45, 7) is 4.28. The smallest absolute Gasteiger partial charge is 0.550 e. The Balaban J connectivity index is 0.00000529. The van der Waals surface area contributed by atoms with Crippen LogP contribution < -0.4 is 34.7 Å². The number of carbonyl (C=O) groups excluding carboxylic acids is 2. The molecule has 0 spiro atoms. The Morgan fingerprint density at radius 3 is 2.05 bits per heavy atom. The van der Waals surface area contributed by atoms with E-state index < -0.39 is 30.4 Å². The van der Waals surface area contributed by atoms with Crippen LogP contribution in [0.2, 0.25) is 0 Å². The Kier molecular flexibility index (Phi) is 12.7. The van der Waals surface area contributed by atoms with Gasteiger partial charge in [0, 0.05) is 55.3 Å². The molecular formula is C35H36FN2NaO5. The van der Waals surface area contributed by atoms with Crippen LogP contribution in [0.1, 0.15) is 54.5 Å². The van der Waals surface area contributed by atoms with E-state index in [1.807, 2.05) is 79.1 Å². The molecule has 9 heteroatoms. The summed E-state index contributed by atoms with van der Waals surface area (Å²) in [4.78, 5) is 26.9.